The van der Waals surface area contributed by atoms with Crippen molar-refractivity contribution >= 4 is 32.8 Å². The molecule has 4 nitrogen and oxygen atoms in total. The first-order valence-electron chi connectivity index (χ1n) is 8.04. The predicted molar refractivity (Wildman–Crippen MR) is 105 cm³/mol. The van der Waals surface area contributed by atoms with Crippen LogP contribution in [0.25, 0.3) is 22.2 Å². The minimum Gasteiger partial charge on any atom is -0.368 e. The third kappa shape index (κ3) is 3.15. The highest BCUT2D eigenvalue weighted by molar-refractivity contribution is 9.10. The van der Waals surface area contributed by atoms with E-state index in [0.29, 0.717) is 5.95 Å². The molecule has 2 aromatic carbocycles. The summed E-state index contributed by atoms with van der Waals surface area (Å²) >= 11 is 3.58. The fourth-order valence-corrected chi connectivity index (χ4v) is 3.47. The summed E-state index contributed by atoms with van der Waals surface area (Å²) in [6.07, 6.45) is 2.14. The lowest BCUT2D eigenvalue weighted by atomic mass is 10.1. The number of anilines is 1. The maximum Gasteiger partial charge on any atom is 0.220 e. The molecule has 0 saturated carbocycles. The van der Waals surface area contributed by atoms with E-state index in [1.807, 2.05) is 19.1 Å². The highest BCUT2D eigenvalue weighted by Gasteiger charge is 2.13. The molecule has 2 N–H and O–H groups in total. The monoisotopic (exact) mass is 392 g/mol. The van der Waals surface area contributed by atoms with Gasteiger partial charge in [0.25, 0.3) is 0 Å². The van der Waals surface area contributed by atoms with Gasteiger partial charge in [0.15, 0.2) is 0 Å². The predicted octanol–water partition coefficient (Wildman–Crippen LogP) is 4.80. The Kier molecular flexibility index (Phi) is 4.01. The van der Waals surface area contributed by atoms with Crippen LogP contribution in [-0.2, 0) is 6.54 Å². The zero-order valence-electron chi connectivity index (χ0n) is 13.8. The van der Waals surface area contributed by atoms with Crippen molar-refractivity contribution in [2.45, 2.75) is 13.5 Å². The summed E-state index contributed by atoms with van der Waals surface area (Å²) in [5, 5.41) is 1.14. The normalized spacial score (nSPS) is 11.1. The third-order valence-electron chi connectivity index (χ3n) is 4.19. The molecule has 2 aromatic heterocycles. The molecule has 0 saturated heterocycles. The van der Waals surface area contributed by atoms with Crippen molar-refractivity contribution in [1.82, 2.24) is 14.5 Å². The zero-order chi connectivity index (χ0) is 17.4. The molecule has 0 aliphatic heterocycles. The molecule has 4 rings (SSSR count). The third-order valence-corrected chi connectivity index (χ3v) is 4.68. The average Bonchev–Trinajstić information content (AvgIpc) is 2.92. The average molecular weight is 393 g/mol. The Hall–Kier alpha value is -2.66. The number of halogens is 1. The first-order chi connectivity index (χ1) is 12.1. The summed E-state index contributed by atoms with van der Waals surface area (Å²) in [5.41, 5.74) is 11.1. The molecule has 0 unspecified atom stereocenters. The SMILES string of the molecule is Cc1cc(-c2cn(Cc3ccccc3)c3ccc(Br)cc23)nc(N)n1. The lowest BCUT2D eigenvalue weighted by Gasteiger charge is -2.05. The van der Waals surface area contributed by atoms with Gasteiger partial charge in [-0.15, -0.1) is 0 Å². The van der Waals surface area contributed by atoms with E-state index in [1.54, 1.807) is 0 Å². The van der Waals surface area contributed by atoms with Crippen LogP contribution in [-0.4, -0.2) is 14.5 Å². The van der Waals surface area contributed by atoms with Gasteiger partial charge in [-0.1, -0.05) is 46.3 Å². The van der Waals surface area contributed by atoms with Crippen LogP contribution in [0.5, 0.6) is 0 Å². The first kappa shape index (κ1) is 15.8. The molecule has 0 fully saturated rings. The van der Waals surface area contributed by atoms with Gasteiger partial charge >= 0.3 is 0 Å². The summed E-state index contributed by atoms with van der Waals surface area (Å²) in [5.74, 6) is 0.300. The van der Waals surface area contributed by atoms with Gasteiger partial charge < -0.3 is 10.3 Å². The Morgan fingerprint density at radius 3 is 2.60 bits per heavy atom. The highest BCUT2D eigenvalue weighted by atomic mass is 79.9. The van der Waals surface area contributed by atoms with Crippen LogP contribution in [0.2, 0.25) is 0 Å². The quantitative estimate of drug-likeness (QED) is 0.544. The maximum absolute atomic E-state index is 5.86. The van der Waals surface area contributed by atoms with Crippen molar-refractivity contribution in [3.63, 3.8) is 0 Å². The summed E-state index contributed by atoms with van der Waals surface area (Å²) in [6, 6.07) is 18.7. The van der Waals surface area contributed by atoms with Crippen LogP contribution in [0.1, 0.15) is 11.3 Å². The van der Waals surface area contributed by atoms with Crippen molar-refractivity contribution in [3.05, 3.63) is 76.5 Å². The molecule has 2 heterocycles. The molecule has 0 aliphatic carbocycles. The van der Waals surface area contributed by atoms with Crippen LogP contribution in [0.4, 0.5) is 5.95 Å². The molecule has 0 atom stereocenters. The minimum absolute atomic E-state index is 0.300. The van der Waals surface area contributed by atoms with E-state index in [9.17, 15) is 0 Å². The van der Waals surface area contributed by atoms with Gasteiger partial charge in [-0.2, -0.15) is 0 Å². The Balaban J connectivity index is 1.91. The maximum atomic E-state index is 5.86. The standard InChI is InChI=1S/C20H17BrN4/c1-13-9-18(24-20(22)23-13)17-12-25(11-14-5-3-2-4-6-14)19-8-7-15(21)10-16(17)19/h2-10,12H,11H2,1H3,(H2,22,23,24). The number of benzene rings is 2. The van der Waals surface area contributed by atoms with Crippen LogP contribution >= 0.6 is 15.9 Å². The molecule has 25 heavy (non-hydrogen) atoms. The van der Waals surface area contributed by atoms with Crippen LogP contribution in [0.3, 0.4) is 0 Å². The van der Waals surface area contributed by atoms with Gasteiger partial charge in [0, 0.05) is 39.4 Å². The summed E-state index contributed by atoms with van der Waals surface area (Å²) in [6.45, 7) is 2.74. The van der Waals surface area contributed by atoms with E-state index in [-0.39, 0.29) is 0 Å². The fourth-order valence-electron chi connectivity index (χ4n) is 3.11. The van der Waals surface area contributed by atoms with Crippen LogP contribution in [0.15, 0.2) is 65.3 Å². The van der Waals surface area contributed by atoms with E-state index in [1.165, 1.54) is 5.56 Å². The number of nitrogen functional groups attached to an aromatic ring is 1. The van der Waals surface area contributed by atoms with Crippen molar-refractivity contribution in [2.24, 2.45) is 0 Å². The van der Waals surface area contributed by atoms with Gasteiger partial charge in [-0.25, -0.2) is 9.97 Å². The Morgan fingerprint density at radius 1 is 1.04 bits per heavy atom. The molecule has 0 spiro atoms. The number of nitrogens with zero attached hydrogens (tertiary/aromatic N) is 3. The Bertz CT molecular complexity index is 1030. The van der Waals surface area contributed by atoms with E-state index in [0.717, 1.165) is 38.9 Å². The Labute approximate surface area is 154 Å². The number of hydrogen-bond acceptors (Lipinski definition) is 3. The van der Waals surface area contributed by atoms with Crippen molar-refractivity contribution in [3.8, 4) is 11.3 Å². The van der Waals surface area contributed by atoms with Crippen molar-refractivity contribution in [1.29, 1.82) is 0 Å². The minimum atomic E-state index is 0.300. The zero-order valence-corrected chi connectivity index (χ0v) is 15.4. The van der Waals surface area contributed by atoms with E-state index < -0.39 is 0 Å². The lowest BCUT2D eigenvalue weighted by Crippen LogP contribution is -1.98. The number of aryl methyl sites for hydroxylation is 1. The van der Waals surface area contributed by atoms with E-state index in [2.05, 4.69) is 79.1 Å². The second-order valence-corrected chi connectivity index (χ2v) is 6.99. The van der Waals surface area contributed by atoms with Crippen LogP contribution < -0.4 is 5.73 Å². The smallest absolute Gasteiger partial charge is 0.220 e. The molecule has 4 aromatic rings. The molecule has 0 aliphatic rings. The highest BCUT2D eigenvalue weighted by Crippen LogP contribution is 2.32. The number of nitrogens with two attached hydrogens (primary N) is 1. The van der Waals surface area contributed by atoms with Crippen molar-refractivity contribution in [2.75, 3.05) is 5.73 Å². The number of rotatable bonds is 3. The van der Waals surface area contributed by atoms with Gasteiger partial charge in [-0.05, 0) is 36.8 Å². The van der Waals surface area contributed by atoms with E-state index >= 15 is 0 Å². The molecule has 0 amide bonds. The fraction of sp³-hybridized carbons (Fsp3) is 0.100. The molecule has 124 valence electrons. The number of aromatic nitrogens is 3. The van der Waals surface area contributed by atoms with Gasteiger partial charge in [0.05, 0.1) is 5.69 Å². The molecule has 5 heteroatoms. The summed E-state index contributed by atoms with van der Waals surface area (Å²) < 4.78 is 3.29. The second-order valence-electron chi connectivity index (χ2n) is 6.07. The van der Waals surface area contributed by atoms with Crippen LogP contribution in [0, 0.1) is 6.92 Å². The first-order valence-corrected chi connectivity index (χ1v) is 8.83. The van der Waals surface area contributed by atoms with Gasteiger partial charge in [0.2, 0.25) is 5.95 Å². The lowest BCUT2D eigenvalue weighted by molar-refractivity contribution is 0.837. The Morgan fingerprint density at radius 2 is 1.84 bits per heavy atom. The largest absolute Gasteiger partial charge is 0.368 e. The number of hydrogen-bond donors (Lipinski definition) is 1. The van der Waals surface area contributed by atoms with E-state index in [4.69, 9.17) is 5.73 Å². The number of fused-ring (bicyclic) bond motifs is 1. The molecular formula is C20H17BrN4. The summed E-state index contributed by atoms with van der Waals surface area (Å²) in [7, 11) is 0. The topological polar surface area (TPSA) is 56.7 Å². The molecule has 0 radical (unpaired) electrons. The van der Waals surface area contributed by atoms with Gasteiger partial charge in [-0.3, -0.25) is 0 Å². The second kappa shape index (κ2) is 6.33. The molecule has 0 bridgehead atoms. The molecular weight excluding hydrogens is 376 g/mol. The van der Waals surface area contributed by atoms with Crippen molar-refractivity contribution < 1.29 is 0 Å². The summed E-state index contributed by atoms with van der Waals surface area (Å²) in [4.78, 5) is 8.63. The van der Waals surface area contributed by atoms with Gasteiger partial charge in [0.1, 0.15) is 0 Å².